The highest BCUT2D eigenvalue weighted by Crippen LogP contribution is 2.32. The number of ether oxygens (including phenoxy) is 2. The average molecular weight is 439 g/mol. The molecule has 0 fully saturated rings. The van der Waals surface area contributed by atoms with Crippen molar-refractivity contribution in [1.82, 2.24) is 23.1 Å². The molecule has 168 valence electrons. The first-order valence-corrected chi connectivity index (χ1v) is 10.1. The van der Waals surface area contributed by atoms with Gasteiger partial charge in [0.1, 0.15) is 11.5 Å². The van der Waals surface area contributed by atoms with Crippen LogP contribution in [0.1, 0.15) is 31.3 Å². The van der Waals surface area contributed by atoms with Crippen LogP contribution in [0.3, 0.4) is 0 Å². The largest absolute Gasteiger partial charge is 0.497 e. The number of benzene rings is 1. The molecule has 0 spiro atoms. The van der Waals surface area contributed by atoms with Crippen LogP contribution in [0.4, 0.5) is 0 Å². The van der Waals surface area contributed by atoms with Crippen molar-refractivity contribution in [1.29, 1.82) is 0 Å². The first kappa shape index (κ1) is 21.4. The number of Topliss-reactive ketones (excluding diaryl/α,β-unsaturated/α-hetero) is 1. The zero-order valence-electron chi connectivity index (χ0n) is 19.1. The van der Waals surface area contributed by atoms with E-state index in [1.165, 1.54) is 11.5 Å². The van der Waals surface area contributed by atoms with Crippen molar-refractivity contribution in [2.45, 2.75) is 33.7 Å². The number of aryl methyl sites for hydroxylation is 2. The number of carbonyl (C=O) groups excluding carboxylic acids is 1. The predicted octanol–water partition coefficient (Wildman–Crippen LogP) is 1.92. The third-order valence-electron chi connectivity index (χ3n) is 6.07. The van der Waals surface area contributed by atoms with Crippen LogP contribution in [0, 0.1) is 13.8 Å². The topological polar surface area (TPSA) is 102 Å². The molecule has 32 heavy (non-hydrogen) atoms. The molecule has 0 N–H and O–H groups in total. The molecule has 0 saturated carbocycles. The Kier molecular flexibility index (Phi) is 4.95. The Morgan fingerprint density at radius 1 is 1.09 bits per heavy atom. The SMILES string of the molecule is COc1ccc(OC)c(-n2c(C)c(C)n3c4c(=O)n(C(C)C(C)=O)c(=O)n(C)c4nc23)c1. The maximum atomic E-state index is 13.4. The summed E-state index contributed by atoms with van der Waals surface area (Å²) in [5.41, 5.74) is 1.60. The van der Waals surface area contributed by atoms with Crippen LogP contribution in [0.5, 0.6) is 11.5 Å². The quantitative estimate of drug-likeness (QED) is 0.471. The Hall–Kier alpha value is -3.82. The number of methoxy groups -OCH3 is 2. The third-order valence-corrected chi connectivity index (χ3v) is 6.07. The van der Waals surface area contributed by atoms with Gasteiger partial charge >= 0.3 is 5.69 Å². The minimum atomic E-state index is -0.891. The van der Waals surface area contributed by atoms with Crippen molar-refractivity contribution in [2.75, 3.05) is 14.2 Å². The molecule has 0 aliphatic heterocycles. The molecule has 4 aromatic rings. The lowest BCUT2D eigenvalue weighted by Gasteiger charge is -2.13. The number of imidazole rings is 2. The summed E-state index contributed by atoms with van der Waals surface area (Å²) in [6, 6.07) is 4.51. The van der Waals surface area contributed by atoms with E-state index in [1.54, 1.807) is 44.7 Å². The second-order valence-electron chi connectivity index (χ2n) is 7.77. The summed E-state index contributed by atoms with van der Waals surface area (Å²) >= 11 is 0. The van der Waals surface area contributed by atoms with E-state index in [-0.39, 0.29) is 16.9 Å². The van der Waals surface area contributed by atoms with Crippen molar-refractivity contribution in [2.24, 2.45) is 7.05 Å². The molecule has 3 aromatic heterocycles. The molecule has 4 rings (SSSR count). The molecule has 10 nitrogen and oxygen atoms in total. The number of carbonyl (C=O) groups is 1. The summed E-state index contributed by atoms with van der Waals surface area (Å²) in [4.78, 5) is 43.0. The van der Waals surface area contributed by atoms with Crippen molar-refractivity contribution in [3.8, 4) is 17.2 Å². The summed E-state index contributed by atoms with van der Waals surface area (Å²) in [6.45, 7) is 6.68. The van der Waals surface area contributed by atoms with Crippen molar-refractivity contribution in [3.05, 3.63) is 50.4 Å². The summed E-state index contributed by atoms with van der Waals surface area (Å²) < 4.78 is 16.8. The van der Waals surface area contributed by atoms with Gasteiger partial charge in [-0.1, -0.05) is 0 Å². The van der Waals surface area contributed by atoms with Crippen LogP contribution < -0.4 is 20.7 Å². The Morgan fingerprint density at radius 3 is 2.38 bits per heavy atom. The molecular weight excluding hydrogens is 414 g/mol. The highest BCUT2D eigenvalue weighted by Gasteiger charge is 2.26. The standard InChI is InChI=1S/C22H25N5O5/c1-11-12(2)26-18-19(24(5)22(30)27(20(18)29)13(3)14(4)28)23-21(26)25(11)16-10-15(31-6)8-9-17(16)32-7/h8-10,13H,1-7H3. The van der Waals surface area contributed by atoms with Gasteiger partial charge in [0, 0.05) is 24.5 Å². The molecule has 0 amide bonds. The molecule has 0 radical (unpaired) electrons. The van der Waals surface area contributed by atoms with Gasteiger partial charge in [0.25, 0.3) is 5.56 Å². The Balaban J connectivity index is 2.20. The van der Waals surface area contributed by atoms with Gasteiger partial charge in [0.2, 0.25) is 5.78 Å². The molecular formula is C22H25N5O5. The number of rotatable bonds is 5. The third kappa shape index (κ3) is 2.79. The van der Waals surface area contributed by atoms with E-state index in [9.17, 15) is 14.4 Å². The molecule has 0 bridgehead atoms. The van der Waals surface area contributed by atoms with Crippen LogP contribution >= 0.6 is 0 Å². The van der Waals surface area contributed by atoms with Gasteiger partial charge < -0.3 is 9.47 Å². The zero-order chi connectivity index (χ0) is 23.5. The smallest absolute Gasteiger partial charge is 0.333 e. The highest BCUT2D eigenvalue weighted by molar-refractivity contribution is 5.81. The number of nitrogens with zero attached hydrogens (tertiary/aromatic N) is 5. The molecule has 0 saturated heterocycles. The minimum absolute atomic E-state index is 0.233. The van der Waals surface area contributed by atoms with Gasteiger partial charge in [0.05, 0.1) is 25.9 Å². The summed E-state index contributed by atoms with van der Waals surface area (Å²) in [5.74, 6) is 1.39. The maximum Gasteiger partial charge on any atom is 0.333 e. The molecule has 1 aromatic carbocycles. The van der Waals surface area contributed by atoms with Gasteiger partial charge in [0.15, 0.2) is 16.9 Å². The number of fused-ring (bicyclic) bond motifs is 3. The first-order chi connectivity index (χ1) is 15.1. The summed E-state index contributed by atoms with van der Waals surface area (Å²) in [5, 5.41) is 0. The van der Waals surface area contributed by atoms with Gasteiger partial charge in [-0.25, -0.2) is 9.36 Å². The Bertz CT molecular complexity index is 1520. The van der Waals surface area contributed by atoms with E-state index in [0.717, 1.165) is 16.0 Å². The van der Waals surface area contributed by atoms with E-state index >= 15 is 0 Å². The van der Waals surface area contributed by atoms with Crippen LogP contribution in [0.2, 0.25) is 0 Å². The summed E-state index contributed by atoms with van der Waals surface area (Å²) in [6.07, 6.45) is 0. The summed E-state index contributed by atoms with van der Waals surface area (Å²) in [7, 11) is 4.69. The fourth-order valence-corrected chi connectivity index (χ4v) is 4.00. The second kappa shape index (κ2) is 7.40. The van der Waals surface area contributed by atoms with Gasteiger partial charge in [-0.3, -0.25) is 23.1 Å². The maximum absolute atomic E-state index is 13.4. The molecule has 1 unspecified atom stereocenters. The molecule has 0 aliphatic carbocycles. The van der Waals surface area contributed by atoms with Crippen LogP contribution in [-0.2, 0) is 11.8 Å². The van der Waals surface area contributed by atoms with Crippen molar-refractivity contribution >= 4 is 22.7 Å². The monoisotopic (exact) mass is 439 g/mol. The Morgan fingerprint density at radius 2 is 1.78 bits per heavy atom. The van der Waals surface area contributed by atoms with E-state index in [1.807, 2.05) is 24.5 Å². The highest BCUT2D eigenvalue weighted by atomic mass is 16.5. The Labute approximate surface area is 183 Å². The van der Waals surface area contributed by atoms with Gasteiger partial charge in [-0.15, -0.1) is 0 Å². The van der Waals surface area contributed by atoms with Gasteiger partial charge in [-0.2, -0.15) is 4.98 Å². The second-order valence-corrected chi connectivity index (χ2v) is 7.77. The minimum Gasteiger partial charge on any atom is -0.497 e. The normalized spacial score (nSPS) is 12.5. The molecule has 3 heterocycles. The molecule has 0 aliphatic rings. The zero-order valence-corrected chi connectivity index (χ0v) is 19.1. The van der Waals surface area contributed by atoms with Gasteiger partial charge in [-0.05, 0) is 39.8 Å². The first-order valence-electron chi connectivity index (χ1n) is 10.1. The average Bonchev–Trinajstić information content (AvgIpc) is 3.27. The lowest BCUT2D eigenvalue weighted by molar-refractivity contribution is -0.119. The van der Waals surface area contributed by atoms with Crippen LogP contribution in [-0.4, -0.2) is 43.1 Å². The molecule has 1 atom stereocenters. The van der Waals surface area contributed by atoms with Crippen LogP contribution in [0.15, 0.2) is 27.8 Å². The fourth-order valence-electron chi connectivity index (χ4n) is 4.00. The lowest BCUT2D eigenvalue weighted by Crippen LogP contribution is -2.42. The van der Waals surface area contributed by atoms with Crippen molar-refractivity contribution < 1.29 is 14.3 Å². The number of ketones is 1. The van der Waals surface area contributed by atoms with E-state index in [4.69, 9.17) is 9.47 Å². The van der Waals surface area contributed by atoms with Crippen molar-refractivity contribution in [3.63, 3.8) is 0 Å². The fraction of sp³-hybridized carbons (Fsp3) is 0.364. The number of hydrogen-bond acceptors (Lipinski definition) is 6. The predicted molar refractivity (Wildman–Crippen MR) is 119 cm³/mol. The van der Waals surface area contributed by atoms with Crippen LogP contribution in [0.25, 0.3) is 22.6 Å². The van der Waals surface area contributed by atoms with E-state index in [2.05, 4.69) is 4.98 Å². The van der Waals surface area contributed by atoms with E-state index in [0.29, 0.717) is 23.0 Å². The lowest BCUT2D eigenvalue weighted by atomic mass is 10.2. The number of aromatic nitrogens is 5. The molecule has 10 heteroatoms. The van der Waals surface area contributed by atoms with E-state index < -0.39 is 17.3 Å². The number of hydrogen-bond donors (Lipinski definition) is 0.